The van der Waals surface area contributed by atoms with E-state index in [2.05, 4.69) is 18.8 Å². The molecule has 0 amide bonds. The van der Waals surface area contributed by atoms with Crippen molar-refractivity contribution < 1.29 is 4.39 Å². The van der Waals surface area contributed by atoms with E-state index in [1.165, 1.54) is 18.3 Å². The van der Waals surface area contributed by atoms with E-state index >= 15 is 0 Å². The van der Waals surface area contributed by atoms with Crippen LogP contribution in [0.15, 0.2) is 18.3 Å². The lowest BCUT2D eigenvalue weighted by molar-refractivity contribution is 0.556. The largest absolute Gasteiger partial charge is 0.330 e. The van der Waals surface area contributed by atoms with Crippen LogP contribution < -0.4 is 5.73 Å². The molecule has 1 saturated carbocycles. The quantitative estimate of drug-likeness (QED) is 0.781. The Morgan fingerprint density at radius 1 is 1.57 bits per heavy atom. The summed E-state index contributed by atoms with van der Waals surface area (Å²) in [6.07, 6.45) is 1.52. The van der Waals surface area contributed by atoms with Crippen molar-refractivity contribution in [3.8, 4) is 0 Å². The first-order chi connectivity index (χ1) is 6.57. The maximum atomic E-state index is 13.0. The van der Waals surface area contributed by atoms with E-state index in [4.69, 9.17) is 5.73 Å². The van der Waals surface area contributed by atoms with E-state index in [1.807, 2.05) is 0 Å². The third kappa shape index (κ3) is 1.32. The number of aromatic nitrogens is 1. The standard InChI is InChI=1S/C11H15FN2/c1-11(2)8(6-13)10(11)9-5-7(12)3-4-14-9/h3-5,8,10H,6,13H2,1-2H3. The Labute approximate surface area is 83.3 Å². The van der Waals surface area contributed by atoms with Gasteiger partial charge in [0, 0.05) is 17.8 Å². The molecule has 1 fully saturated rings. The molecule has 0 bridgehead atoms. The molecule has 2 rings (SSSR count). The minimum absolute atomic E-state index is 0.176. The molecule has 0 aliphatic heterocycles. The van der Waals surface area contributed by atoms with Crippen molar-refractivity contribution in [2.75, 3.05) is 6.54 Å². The molecule has 1 aliphatic carbocycles. The molecule has 2 N–H and O–H groups in total. The first-order valence-electron chi connectivity index (χ1n) is 4.89. The molecule has 14 heavy (non-hydrogen) atoms. The molecule has 2 nitrogen and oxygen atoms in total. The van der Waals surface area contributed by atoms with Gasteiger partial charge < -0.3 is 5.73 Å². The van der Waals surface area contributed by atoms with Gasteiger partial charge in [-0.2, -0.15) is 0 Å². The minimum Gasteiger partial charge on any atom is -0.330 e. The van der Waals surface area contributed by atoms with Gasteiger partial charge in [0.25, 0.3) is 0 Å². The van der Waals surface area contributed by atoms with E-state index in [0.29, 0.717) is 18.4 Å². The third-order valence-electron chi connectivity index (χ3n) is 3.37. The Morgan fingerprint density at radius 2 is 2.29 bits per heavy atom. The molecule has 1 aromatic heterocycles. The van der Waals surface area contributed by atoms with Crippen LogP contribution in [0.4, 0.5) is 4.39 Å². The Kier molecular flexibility index (Phi) is 2.07. The summed E-state index contributed by atoms with van der Waals surface area (Å²) in [5, 5.41) is 0. The highest BCUT2D eigenvalue weighted by atomic mass is 19.1. The number of nitrogens with zero attached hydrogens (tertiary/aromatic N) is 1. The van der Waals surface area contributed by atoms with Crippen LogP contribution in [0.3, 0.4) is 0 Å². The van der Waals surface area contributed by atoms with Crippen LogP contribution in [0.25, 0.3) is 0 Å². The highest BCUT2D eigenvalue weighted by Crippen LogP contribution is 2.63. The van der Waals surface area contributed by atoms with Crippen LogP contribution in [0, 0.1) is 17.2 Å². The lowest BCUT2D eigenvalue weighted by atomic mass is 10.1. The second kappa shape index (κ2) is 3.02. The molecule has 1 aromatic rings. The Hall–Kier alpha value is -0.960. The fraction of sp³-hybridized carbons (Fsp3) is 0.545. The minimum atomic E-state index is -0.214. The summed E-state index contributed by atoms with van der Waals surface area (Å²) in [5.74, 6) is 0.550. The van der Waals surface area contributed by atoms with Crippen molar-refractivity contribution in [3.05, 3.63) is 29.8 Å². The van der Waals surface area contributed by atoms with Gasteiger partial charge in [-0.15, -0.1) is 0 Å². The fourth-order valence-corrected chi connectivity index (χ4v) is 2.36. The molecule has 0 spiro atoms. The SMILES string of the molecule is CC1(C)C(CN)C1c1cc(F)ccn1. The maximum Gasteiger partial charge on any atom is 0.126 e. The summed E-state index contributed by atoms with van der Waals surface area (Å²) in [6.45, 7) is 4.96. The zero-order valence-corrected chi connectivity index (χ0v) is 8.50. The molecule has 0 saturated heterocycles. The summed E-state index contributed by atoms with van der Waals surface area (Å²) < 4.78 is 13.0. The van der Waals surface area contributed by atoms with Gasteiger partial charge in [0.1, 0.15) is 5.82 Å². The van der Waals surface area contributed by atoms with Crippen molar-refractivity contribution in [3.63, 3.8) is 0 Å². The zero-order chi connectivity index (χ0) is 10.3. The average Bonchev–Trinajstić information content (AvgIpc) is 2.68. The van der Waals surface area contributed by atoms with Crippen molar-refractivity contribution in [2.45, 2.75) is 19.8 Å². The van der Waals surface area contributed by atoms with Crippen LogP contribution in [-0.4, -0.2) is 11.5 Å². The van der Waals surface area contributed by atoms with Gasteiger partial charge >= 0.3 is 0 Å². The molecule has 3 heteroatoms. The molecular weight excluding hydrogens is 179 g/mol. The summed E-state index contributed by atoms with van der Waals surface area (Å²) in [4.78, 5) is 4.20. The van der Waals surface area contributed by atoms with Crippen LogP contribution in [0.5, 0.6) is 0 Å². The van der Waals surface area contributed by atoms with E-state index in [0.717, 1.165) is 5.69 Å². The van der Waals surface area contributed by atoms with Crippen molar-refractivity contribution >= 4 is 0 Å². The molecule has 0 aromatic carbocycles. The van der Waals surface area contributed by atoms with E-state index < -0.39 is 0 Å². The molecule has 1 heterocycles. The van der Waals surface area contributed by atoms with Gasteiger partial charge in [0.2, 0.25) is 0 Å². The molecule has 1 aliphatic rings. The topological polar surface area (TPSA) is 38.9 Å². The van der Waals surface area contributed by atoms with E-state index in [1.54, 1.807) is 0 Å². The van der Waals surface area contributed by atoms with E-state index in [-0.39, 0.29) is 11.2 Å². The molecule has 2 unspecified atom stereocenters. The average molecular weight is 194 g/mol. The Morgan fingerprint density at radius 3 is 2.79 bits per heavy atom. The number of halogens is 1. The van der Waals surface area contributed by atoms with Crippen LogP contribution >= 0.6 is 0 Å². The molecular formula is C11H15FN2. The lowest BCUT2D eigenvalue weighted by Crippen LogP contribution is -2.05. The number of hydrogen-bond donors (Lipinski definition) is 1. The summed E-state index contributed by atoms with van der Waals surface area (Å²) in [7, 11) is 0. The van der Waals surface area contributed by atoms with Crippen LogP contribution in [0.1, 0.15) is 25.5 Å². The normalized spacial score (nSPS) is 28.9. The maximum absolute atomic E-state index is 13.0. The summed E-state index contributed by atoms with van der Waals surface area (Å²) in [5.41, 5.74) is 6.67. The van der Waals surface area contributed by atoms with Gasteiger partial charge in [-0.25, -0.2) is 4.39 Å². The Bertz CT molecular complexity index is 349. The fourth-order valence-electron chi connectivity index (χ4n) is 2.36. The highest BCUT2D eigenvalue weighted by Gasteiger charge is 2.58. The van der Waals surface area contributed by atoms with Crippen molar-refractivity contribution in [1.29, 1.82) is 0 Å². The third-order valence-corrected chi connectivity index (χ3v) is 3.37. The highest BCUT2D eigenvalue weighted by molar-refractivity contribution is 5.26. The van der Waals surface area contributed by atoms with Crippen LogP contribution in [-0.2, 0) is 0 Å². The lowest BCUT2D eigenvalue weighted by Gasteiger charge is -2.01. The summed E-state index contributed by atoms with van der Waals surface area (Å²) >= 11 is 0. The molecule has 2 atom stereocenters. The Balaban J connectivity index is 2.26. The second-order valence-electron chi connectivity index (χ2n) is 4.54. The van der Waals surface area contributed by atoms with Gasteiger partial charge in [-0.05, 0) is 30.0 Å². The number of rotatable bonds is 2. The second-order valence-corrected chi connectivity index (χ2v) is 4.54. The smallest absolute Gasteiger partial charge is 0.126 e. The predicted molar refractivity (Wildman–Crippen MR) is 53.3 cm³/mol. The number of pyridine rings is 1. The monoisotopic (exact) mass is 194 g/mol. The summed E-state index contributed by atoms with van der Waals surface area (Å²) in [6, 6.07) is 2.89. The first kappa shape index (κ1) is 9.59. The number of nitrogens with two attached hydrogens (primary N) is 1. The van der Waals surface area contributed by atoms with Gasteiger partial charge in [0.15, 0.2) is 0 Å². The van der Waals surface area contributed by atoms with Gasteiger partial charge in [-0.1, -0.05) is 13.8 Å². The zero-order valence-electron chi connectivity index (χ0n) is 8.50. The predicted octanol–water partition coefficient (Wildman–Crippen LogP) is 1.92. The van der Waals surface area contributed by atoms with Crippen molar-refractivity contribution in [2.24, 2.45) is 17.1 Å². The van der Waals surface area contributed by atoms with Crippen LogP contribution in [0.2, 0.25) is 0 Å². The number of hydrogen-bond acceptors (Lipinski definition) is 2. The van der Waals surface area contributed by atoms with Gasteiger partial charge in [-0.3, -0.25) is 4.98 Å². The van der Waals surface area contributed by atoms with Crippen molar-refractivity contribution in [1.82, 2.24) is 4.98 Å². The first-order valence-corrected chi connectivity index (χ1v) is 4.89. The van der Waals surface area contributed by atoms with E-state index in [9.17, 15) is 4.39 Å². The van der Waals surface area contributed by atoms with Gasteiger partial charge in [0.05, 0.1) is 0 Å². The molecule has 0 radical (unpaired) electrons. The molecule has 76 valence electrons.